The molecule has 0 radical (unpaired) electrons. The van der Waals surface area contributed by atoms with Gasteiger partial charge in [0.1, 0.15) is 12.0 Å². The molecule has 1 aromatic carbocycles. The molecule has 0 aliphatic heterocycles. The highest BCUT2D eigenvalue weighted by Gasteiger charge is 2.08. The van der Waals surface area contributed by atoms with Crippen LogP contribution in [0.25, 0.3) is 0 Å². The van der Waals surface area contributed by atoms with Crippen molar-refractivity contribution in [1.29, 1.82) is 0 Å². The second-order valence-corrected chi connectivity index (χ2v) is 4.86. The Hall–Kier alpha value is -1.35. The topological polar surface area (TPSA) is 35.5 Å². The van der Waals surface area contributed by atoms with E-state index in [1.54, 1.807) is 0 Å². The zero-order valence-electron chi connectivity index (χ0n) is 12.1. The average molecular weight is 264 g/mol. The fourth-order valence-electron chi connectivity index (χ4n) is 1.70. The molecule has 19 heavy (non-hydrogen) atoms. The molecule has 0 N–H and O–H groups in total. The van der Waals surface area contributed by atoms with Gasteiger partial charge in [-0.2, -0.15) is 0 Å². The van der Waals surface area contributed by atoms with Crippen LogP contribution >= 0.6 is 0 Å². The standard InChI is InChI=1S/C16H24O3/c1-4-16(18-12-6-5-11-17)19-15-9-7-14(8-10-15)13(2)3/h7-11,13,16H,4-6,12H2,1-3H3. The van der Waals surface area contributed by atoms with E-state index < -0.39 is 0 Å². The molecule has 1 unspecified atom stereocenters. The molecule has 0 bridgehead atoms. The number of hydrogen-bond donors (Lipinski definition) is 0. The van der Waals surface area contributed by atoms with Gasteiger partial charge in [0, 0.05) is 12.8 Å². The lowest BCUT2D eigenvalue weighted by molar-refractivity contribution is -0.109. The predicted molar refractivity (Wildman–Crippen MR) is 76.5 cm³/mol. The summed E-state index contributed by atoms with van der Waals surface area (Å²) in [6.07, 6.45) is 2.74. The molecular formula is C16H24O3. The molecule has 0 amide bonds. The van der Waals surface area contributed by atoms with Crippen molar-refractivity contribution in [3.05, 3.63) is 29.8 Å². The fourth-order valence-corrected chi connectivity index (χ4v) is 1.70. The number of benzene rings is 1. The van der Waals surface area contributed by atoms with Crippen molar-refractivity contribution in [3.63, 3.8) is 0 Å². The number of rotatable bonds is 9. The second-order valence-electron chi connectivity index (χ2n) is 4.86. The van der Waals surface area contributed by atoms with E-state index in [1.807, 2.05) is 19.1 Å². The van der Waals surface area contributed by atoms with Crippen molar-refractivity contribution in [2.75, 3.05) is 6.61 Å². The third-order valence-electron chi connectivity index (χ3n) is 2.92. The van der Waals surface area contributed by atoms with Crippen LogP contribution in [0, 0.1) is 0 Å². The summed E-state index contributed by atoms with van der Waals surface area (Å²) in [6, 6.07) is 8.12. The first-order valence-electron chi connectivity index (χ1n) is 6.99. The predicted octanol–water partition coefficient (Wildman–Crippen LogP) is 3.92. The van der Waals surface area contributed by atoms with Crippen molar-refractivity contribution in [3.8, 4) is 5.75 Å². The van der Waals surface area contributed by atoms with Gasteiger partial charge in [0.05, 0.1) is 6.61 Å². The zero-order chi connectivity index (χ0) is 14.1. The Morgan fingerprint density at radius 3 is 2.42 bits per heavy atom. The van der Waals surface area contributed by atoms with E-state index in [1.165, 1.54) is 5.56 Å². The number of hydrogen-bond acceptors (Lipinski definition) is 3. The zero-order valence-corrected chi connectivity index (χ0v) is 12.1. The van der Waals surface area contributed by atoms with Gasteiger partial charge in [0.25, 0.3) is 0 Å². The maximum Gasteiger partial charge on any atom is 0.199 e. The average Bonchev–Trinajstić information content (AvgIpc) is 2.42. The summed E-state index contributed by atoms with van der Waals surface area (Å²) in [6.45, 7) is 6.91. The molecule has 0 aromatic heterocycles. The van der Waals surface area contributed by atoms with Gasteiger partial charge in [-0.3, -0.25) is 0 Å². The number of ether oxygens (including phenoxy) is 2. The van der Waals surface area contributed by atoms with Crippen LogP contribution in [0.4, 0.5) is 0 Å². The molecule has 106 valence electrons. The van der Waals surface area contributed by atoms with Crippen LogP contribution in [0.2, 0.25) is 0 Å². The first kappa shape index (κ1) is 15.7. The van der Waals surface area contributed by atoms with Gasteiger partial charge in [-0.1, -0.05) is 32.9 Å². The lowest BCUT2D eigenvalue weighted by Crippen LogP contribution is -2.20. The van der Waals surface area contributed by atoms with E-state index >= 15 is 0 Å². The lowest BCUT2D eigenvalue weighted by Gasteiger charge is -2.18. The molecule has 0 fully saturated rings. The van der Waals surface area contributed by atoms with Crippen molar-refractivity contribution in [2.24, 2.45) is 0 Å². The minimum Gasteiger partial charge on any atom is -0.465 e. The van der Waals surface area contributed by atoms with E-state index in [4.69, 9.17) is 9.47 Å². The Labute approximate surface area is 115 Å². The molecule has 3 heteroatoms. The summed E-state index contributed by atoms with van der Waals surface area (Å²) < 4.78 is 11.4. The molecule has 0 spiro atoms. The molecular weight excluding hydrogens is 240 g/mol. The smallest absolute Gasteiger partial charge is 0.199 e. The van der Waals surface area contributed by atoms with Crippen molar-refractivity contribution in [1.82, 2.24) is 0 Å². The van der Waals surface area contributed by atoms with E-state index in [-0.39, 0.29) is 6.29 Å². The quantitative estimate of drug-likeness (QED) is 0.385. The summed E-state index contributed by atoms with van der Waals surface area (Å²) in [7, 11) is 0. The summed E-state index contributed by atoms with van der Waals surface area (Å²) in [5, 5.41) is 0. The number of aldehydes is 1. The summed E-state index contributed by atoms with van der Waals surface area (Å²) >= 11 is 0. The minimum atomic E-state index is -0.239. The monoisotopic (exact) mass is 264 g/mol. The molecule has 0 heterocycles. The van der Waals surface area contributed by atoms with Gasteiger partial charge in [0.2, 0.25) is 0 Å². The third kappa shape index (κ3) is 5.88. The molecule has 3 nitrogen and oxygen atoms in total. The Balaban J connectivity index is 2.43. The summed E-state index contributed by atoms with van der Waals surface area (Å²) in [5.74, 6) is 1.35. The molecule has 1 aromatic rings. The molecule has 0 saturated carbocycles. The second kappa shape index (κ2) is 8.70. The normalized spacial score (nSPS) is 12.4. The van der Waals surface area contributed by atoms with Crippen LogP contribution in [0.15, 0.2) is 24.3 Å². The van der Waals surface area contributed by atoms with Gasteiger partial charge in [0.15, 0.2) is 6.29 Å². The maximum atomic E-state index is 10.2. The first-order valence-corrected chi connectivity index (χ1v) is 6.99. The lowest BCUT2D eigenvalue weighted by atomic mass is 10.0. The third-order valence-corrected chi connectivity index (χ3v) is 2.92. The van der Waals surface area contributed by atoms with Crippen LogP contribution in [-0.4, -0.2) is 19.2 Å². The van der Waals surface area contributed by atoms with Crippen LogP contribution in [0.3, 0.4) is 0 Å². The van der Waals surface area contributed by atoms with Crippen LogP contribution in [0.5, 0.6) is 5.75 Å². The maximum absolute atomic E-state index is 10.2. The Morgan fingerprint density at radius 2 is 1.89 bits per heavy atom. The van der Waals surface area contributed by atoms with Crippen LogP contribution in [0.1, 0.15) is 51.5 Å². The highest BCUT2D eigenvalue weighted by atomic mass is 16.7. The van der Waals surface area contributed by atoms with Gasteiger partial charge in [-0.15, -0.1) is 0 Å². The summed E-state index contributed by atoms with van der Waals surface area (Å²) in [5.41, 5.74) is 1.30. The van der Waals surface area contributed by atoms with Gasteiger partial charge in [-0.05, 0) is 30.0 Å². The Bertz CT molecular complexity index is 357. The van der Waals surface area contributed by atoms with E-state index in [2.05, 4.69) is 26.0 Å². The van der Waals surface area contributed by atoms with Crippen molar-refractivity contribution < 1.29 is 14.3 Å². The summed E-state index contributed by atoms with van der Waals surface area (Å²) in [4.78, 5) is 10.2. The van der Waals surface area contributed by atoms with Gasteiger partial charge >= 0.3 is 0 Å². The number of carbonyl (C=O) groups is 1. The van der Waals surface area contributed by atoms with Crippen LogP contribution in [-0.2, 0) is 9.53 Å². The van der Waals surface area contributed by atoms with Crippen molar-refractivity contribution >= 4 is 6.29 Å². The van der Waals surface area contributed by atoms with Crippen LogP contribution < -0.4 is 4.74 Å². The highest BCUT2D eigenvalue weighted by Crippen LogP contribution is 2.20. The van der Waals surface area contributed by atoms with E-state index in [9.17, 15) is 4.79 Å². The molecule has 0 saturated heterocycles. The van der Waals surface area contributed by atoms with E-state index in [0.29, 0.717) is 18.9 Å². The Morgan fingerprint density at radius 1 is 1.21 bits per heavy atom. The molecule has 0 aliphatic carbocycles. The minimum absolute atomic E-state index is 0.239. The molecule has 1 atom stereocenters. The van der Waals surface area contributed by atoms with Crippen molar-refractivity contribution in [2.45, 2.75) is 52.2 Å². The number of unbranched alkanes of at least 4 members (excludes halogenated alkanes) is 1. The molecule has 1 rings (SSSR count). The SMILES string of the molecule is CCC(OCCCC=O)Oc1ccc(C(C)C)cc1. The molecule has 0 aliphatic rings. The Kier molecular flexibility index (Phi) is 7.19. The van der Waals surface area contributed by atoms with Gasteiger partial charge < -0.3 is 14.3 Å². The number of carbonyl (C=O) groups excluding carboxylic acids is 1. The highest BCUT2D eigenvalue weighted by molar-refractivity contribution is 5.48. The fraction of sp³-hybridized carbons (Fsp3) is 0.562. The first-order chi connectivity index (χ1) is 9.17. The largest absolute Gasteiger partial charge is 0.465 e. The van der Waals surface area contributed by atoms with E-state index in [0.717, 1.165) is 24.9 Å². The van der Waals surface area contributed by atoms with Gasteiger partial charge in [-0.25, -0.2) is 0 Å².